The van der Waals surface area contributed by atoms with E-state index >= 15 is 0 Å². The lowest BCUT2D eigenvalue weighted by atomic mass is 10.1. The van der Waals surface area contributed by atoms with Gasteiger partial charge in [0.1, 0.15) is 0 Å². The average molecular weight is 541 g/mol. The Kier molecular flexibility index (Phi) is 10.4. The fourth-order valence-corrected chi connectivity index (χ4v) is 3.07. The molecule has 0 saturated heterocycles. The number of rotatable bonds is 7. The third-order valence-electron chi connectivity index (χ3n) is 3.68. The summed E-state index contributed by atoms with van der Waals surface area (Å²) in [6.45, 7) is 3.38. The van der Waals surface area contributed by atoms with E-state index in [1.807, 2.05) is 19.1 Å². The second kappa shape index (κ2) is 12.0. The predicted octanol–water partition coefficient (Wildman–Crippen LogP) is 3.44. The summed E-state index contributed by atoms with van der Waals surface area (Å²) in [5.41, 5.74) is 0.648. The molecule has 1 aromatic heterocycles. The first kappa shape index (κ1) is 25.1. The van der Waals surface area contributed by atoms with Crippen molar-refractivity contribution >= 4 is 47.2 Å². The highest BCUT2D eigenvalue weighted by molar-refractivity contribution is 14.0. The van der Waals surface area contributed by atoms with Crippen molar-refractivity contribution in [2.75, 3.05) is 20.1 Å². The number of nitrogens with one attached hydrogen (secondary N) is 3. The molecule has 0 radical (unpaired) electrons. The molecule has 11 heteroatoms. The molecule has 2 aromatic rings. The maximum Gasteiger partial charge on any atom is 0.434 e. The summed E-state index contributed by atoms with van der Waals surface area (Å²) < 4.78 is 37.7. The molecule has 29 heavy (non-hydrogen) atoms. The van der Waals surface area contributed by atoms with E-state index in [1.54, 1.807) is 19.2 Å². The van der Waals surface area contributed by atoms with Gasteiger partial charge in [0.2, 0.25) is 0 Å². The van der Waals surface area contributed by atoms with Gasteiger partial charge in [0.25, 0.3) is 5.91 Å². The minimum absolute atomic E-state index is 0. The van der Waals surface area contributed by atoms with Crippen LogP contribution >= 0.6 is 35.3 Å². The van der Waals surface area contributed by atoms with Crippen LogP contribution in [0.2, 0.25) is 0 Å². The highest BCUT2D eigenvalue weighted by Gasteiger charge is 2.33. The number of guanidine groups is 1. The van der Waals surface area contributed by atoms with E-state index in [-0.39, 0.29) is 29.9 Å². The molecule has 0 unspecified atom stereocenters. The lowest BCUT2D eigenvalue weighted by Crippen LogP contribution is -2.38. The van der Waals surface area contributed by atoms with E-state index in [9.17, 15) is 18.0 Å². The smallest absolute Gasteiger partial charge is 0.357 e. The molecule has 1 aromatic carbocycles. The third-order valence-corrected chi connectivity index (χ3v) is 4.59. The van der Waals surface area contributed by atoms with Gasteiger partial charge in [-0.3, -0.25) is 4.79 Å². The van der Waals surface area contributed by atoms with Crippen molar-refractivity contribution in [3.05, 3.63) is 51.5 Å². The Labute approximate surface area is 188 Å². The van der Waals surface area contributed by atoms with Gasteiger partial charge in [-0.25, -0.2) is 9.98 Å². The Balaban J connectivity index is 0.00000420. The van der Waals surface area contributed by atoms with Crippen LogP contribution in [0.15, 0.2) is 34.6 Å². The zero-order valence-electron chi connectivity index (χ0n) is 16.0. The highest BCUT2D eigenvalue weighted by Crippen LogP contribution is 2.29. The SMILES string of the molecule is CCNC(=NCc1ccc(C(=O)NC)cc1)NCCc1nc(C(F)(F)F)cs1.I. The number of benzene rings is 1. The molecule has 1 amide bonds. The van der Waals surface area contributed by atoms with Crippen molar-refractivity contribution in [3.63, 3.8) is 0 Å². The summed E-state index contributed by atoms with van der Waals surface area (Å²) in [7, 11) is 1.57. The van der Waals surface area contributed by atoms with Crippen LogP contribution in [0.5, 0.6) is 0 Å². The van der Waals surface area contributed by atoms with Crippen LogP contribution in [-0.4, -0.2) is 37.0 Å². The van der Waals surface area contributed by atoms with Gasteiger partial charge in [-0.2, -0.15) is 13.2 Å². The van der Waals surface area contributed by atoms with Gasteiger partial charge >= 0.3 is 6.18 Å². The monoisotopic (exact) mass is 541 g/mol. The quantitative estimate of drug-likeness (QED) is 0.285. The lowest BCUT2D eigenvalue weighted by Gasteiger charge is -2.10. The zero-order valence-corrected chi connectivity index (χ0v) is 19.1. The normalized spacial score (nSPS) is 11.6. The number of aliphatic imine (C=N–C) groups is 1. The van der Waals surface area contributed by atoms with E-state index in [1.165, 1.54) is 0 Å². The Hall–Kier alpha value is -1.89. The third kappa shape index (κ3) is 8.17. The number of carbonyl (C=O) groups is 1. The van der Waals surface area contributed by atoms with Crippen molar-refractivity contribution in [3.8, 4) is 0 Å². The molecule has 0 aliphatic heterocycles. The summed E-state index contributed by atoms with van der Waals surface area (Å²) in [5.74, 6) is 0.409. The van der Waals surface area contributed by atoms with E-state index in [0.29, 0.717) is 42.6 Å². The molecule has 0 saturated carbocycles. The summed E-state index contributed by atoms with van der Waals surface area (Å²) in [6.07, 6.45) is -4.04. The number of nitrogens with zero attached hydrogens (tertiary/aromatic N) is 2. The molecule has 6 nitrogen and oxygen atoms in total. The number of hydrogen-bond acceptors (Lipinski definition) is 4. The number of aromatic nitrogens is 1. The molecular weight excluding hydrogens is 518 g/mol. The van der Waals surface area contributed by atoms with Crippen LogP contribution in [0.1, 0.15) is 33.5 Å². The maximum atomic E-state index is 12.6. The Morgan fingerprint density at radius 3 is 2.45 bits per heavy atom. The minimum Gasteiger partial charge on any atom is -0.357 e. The molecule has 3 N–H and O–H groups in total. The van der Waals surface area contributed by atoms with Gasteiger partial charge in [0.15, 0.2) is 11.7 Å². The molecule has 0 atom stereocenters. The van der Waals surface area contributed by atoms with Crippen molar-refractivity contribution in [1.29, 1.82) is 0 Å². The topological polar surface area (TPSA) is 78.4 Å². The standard InChI is InChI=1S/C18H22F3N5OS.HI/c1-3-23-17(24-9-8-15-26-14(11-28-15)18(19,20)21)25-10-12-4-6-13(7-5-12)16(27)22-2;/h4-7,11H,3,8-10H2,1-2H3,(H,22,27)(H2,23,24,25);1H. The lowest BCUT2D eigenvalue weighted by molar-refractivity contribution is -0.140. The first-order valence-electron chi connectivity index (χ1n) is 8.68. The van der Waals surface area contributed by atoms with Gasteiger partial charge in [-0.1, -0.05) is 12.1 Å². The van der Waals surface area contributed by atoms with Crippen molar-refractivity contribution in [2.45, 2.75) is 26.1 Å². The number of carbonyl (C=O) groups excluding carboxylic acids is 1. The van der Waals surface area contributed by atoms with Gasteiger partial charge in [0.05, 0.1) is 11.6 Å². The molecule has 160 valence electrons. The molecule has 0 aliphatic carbocycles. The number of thiazole rings is 1. The molecule has 0 fully saturated rings. The van der Waals surface area contributed by atoms with Gasteiger partial charge in [-0.15, -0.1) is 35.3 Å². The van der Waals surface area contributed by atoms with E-state index < -0.39 is 11.9 Å². The Morgan fingerprint density at radius 2 is 1.90 bits per heavy atom. The zero-order chi connectivity index (χ0) is 20.6. The molecule has 0 aliphatic rings. The summed E-state index contributed by atoms with van der Waals surface area (Å²) in [6, 6.07) is 7.10. The van der Waals surface area contributed by atoms with Gasteiger partial charge in [0, 0.05) is 37.5 Å². The van der Waals surface area contributed by atoms with Crippen LogP contribution in [0.3, 0.4) is 0 Å². The Morgan fingerprint density at radius 1 is 1.21 bits per heavy atom. The molecule has 0 spiro atoms. The number of alkyl halides is 3. The van der Waals surface area contributed by atoms with Crippen LogP contribution in [0.25, 0.3) is 0 Å². The second-order valence-corrected chi connectivity index (χ2v) is 6.71. The predicted molar refractivity (Wildman–Crippen MR) is 119 cm³/mol. The molecule has 1 heterocycles. The number of halogens is 4. The average Bonchev–Trinajstić information content (AvgIpc) is 3.15. The van der Waals surface area contributed by atoms with E-state index in [2.05, 4.69) is 25.9 Å². The molecule has 2 rings (SSSR count). The first-order valence-corrected chi connectivity index (χ1v) is 9.56. The van der Waals surface area contributed by atoms with Crippen LogP contribution in [-0.2, 0) is 19.1 Å². The van der Waals surface area contributed by atoms with Crippen LogP contribution in [0, 0.1) is 0 Å². The largest absolute Gasteiger partial charge is 0.434 e. The van der Waals surface area contributed by atoms with E-state index in [0.717, 1.165) is 22.3 Å². The maximum absolute atomic E-state index is 12.6. The van der Waals surface area contributed by atoms with Crippen LogP contribution < -0.4 is 16.0 Å². The van der Waals surface area contributed by atoms with Crippen molar-refractivity contribution < 1.29 is 18.0 Å². The van der Waals surface area contributed by atoms with Gasteiger partial charge in [-0.05, 0) is 24.6 Å². The summed E-state index contributed by atoms with van der Waals surface area (Å²) in [4.78, 5) is 19.6. The fraction of sp³-hybridized carbons (Fsp3) is 0.389. The fourth-order valence-electron chi connectivity index (χ4n) is 2.26. The van der Waals surface area contributed by atoms with Crippen molar-refractivity contribution in [2.24, 2.45) is 4.99 Å². The number of hydrogen-bond donors (Lipinski definition) is 3. The van der Waals surface area contributed by atoms with E-state index in [4.69, 9.17) is 0 Å². The first-order chi connectivity index (χ1) is 13.3. The Bertz CT molecular complexity index is 809. The molecule has 0 bridgehead atoms. The molecular formula is C18H23F3IN5OS. The summed E-state index contributed by atoms with van der Waals surface area (Å²) in [5, 5.41) is 10.2. The van der Waals surface area contributed by atoms with Gasteiger partial charge < -0.3 is 16.0 Å². The number of amides is 1. The van der Waals surface area contributed by atoms with Crippen molar-refractivity contribution in [1.82, 2.24) is 20.9 Å². The second-order valence-electron chi connectivity index (χ2n) is 5.77. The summed E-state index contributed by atoms with van der Waals surface area (Å²) >= 11 is 0.993. The highest BCUT2D eigenvalue weighted by atomic mass is 127. The minimum atomic E-state index is -4.41. The van der Waals surface area contributed by atoms with Crippen LogP contribution in [0.4, 0.5) is 13.2 Å².